The highest BCUT2D eigenvalue weighted by Crippen LogP contribution is 2.30. The number of aromatic nitrogens is 2. The minimum Gasteiger partial charge on any atom is -0.481 e. The second-order valence-electron chi connectivity index (χ2n) is 4.28. The lowest BCUT2D eigenvalue weighted by Crippen LogP contribution is -2.18. The predicted octanol–water partition coefficient (Wildman–Crippen LogP) is 2.71. The third-order valence-electron chi connectivity index (χ3n) is 2.87. The van der Waals surface area contributed by atoms with Crippen LogP contribution < -0.4 is 0 Å². The summed E-state index contributed by atoms with van der Waals surface area (Å²) in [4.78, 5) is 27.0. The zero-order valence-electron chi connectivity index (χ0n) is 11.4. The van der Waals surface area contributed by atoms with Crippen molar-refractivity contribution in [2.75, 3.05) is 12.9 Å². The summed E-state index contributed by atoms with van der Waals surface area (Å²) in [7, 11) is 1.32. The van der Waals surface area contributed by atoms with Crippen LogP contribution in [-0.4, -0.2) is 39.5 Å². The average Bonchev–Trinajstić information content (AvgIpc) is 2.80. The number of benzene rings is 1. The monoisotopic (exact) mass is 372 g/mol. The highest BCUT2D eigenvalue weighted by Gasteiger charge is 2.23. The van der Waals surface area contributed by atoms with Gasteiger partial charge in [-0.2, -0.15) is 0 Å². The molecule has 1 unspecified atom stereocenters. The molecule has 1 N–H and O–H groups in total. The van der Waals surface area contributed by atoms with Crippen LogP contribution in [0.3, 0.4) is 0 Å². The summed E-state index contributed by atoms with van der Waals surface area (Å²) in [5.74, 6) is -1.48. The van der Waals surface area contributed by atoms with E-state index in [9.17, 15) is 9.59 Å². The fraction of sp³-hybridized carbons (Fsp3) is 0.308. The zero-order chi connectivity index (χ0) is 15.6. The van der Waals surface area contributed by atoms with E-state index < -0.39 is 18.0 Å². The number of carboxylic acid groups (broad SMARTS) is 1. The largest absolute Gasteiger partial charge is 0.481 e. The number of thioether (sulfide) groups is 1. The van der Waals surface area contributed by atoms with E-state index in [-0.39, 0.29) is 5.75 Å². The van der Waals surface area contributed by atoms with Gasteiger partial charge in [-0.3, -0.25) is 4.79 Å². The van der Waals surface area contributed by atoms with E-state index in [4.69, 9.17) is 9.84 Å². The Balaban J connectivity index is 2.55. The lowest BCUT2D eigenvalue weighted by molar-refractivity contribution is -0.144. The van der Waals surface area contributed by atoms with Gasteiger partial charge in [0.15, 0.2) is 5.16 Å². The van der Waals surface area contributed by atoms with Crippen molar-refractivity contribution in [1.29, 1.82) is 0 Å². The first-order chi connectivity index (χ1) is 9.93. The molecule has 1 aromatic carbocycles. The summed E-state index contributed by atoms with van der Waals surface area (Å²) in [5.41, 5.74) is 1.44. The Morgan fingerprint density at radius 3 is 2.86 bits per heavy atom. The molecule has 0 aliphatic carbocycles. The first kappa shape index (κ1) is 15.8. The number of fused-ring (bicyclic) bond motifs is 1. The number of carboxylic acids is 1. The predicted molar refractivity (Wildman–Crippen MR) is 82.5 cm³/mol. The van der Waals surface area contributed by atoms with Crippen LogP contribution in [0.1, 0.15) is 13.0 Å². The maximum Gasteiger partial charge on any atom is 0.328 e. The Morgan fingerprint density at radius 2 is 2.24 bits per heavy atom. The zero-order valence-corrected chi connectivity index (χ0v) is 13.8. The smallest absolute Gasteiger partial charge is 0.328 e. The maximum atomic E-state index is 11.8. The number of hydrogen-bond acceptors (Lipinski definition) is 5. The highest BCUT2D eigenvalue weighted by atomic mass is 79.9. The van der Waals surface area contributed by atoms with Crippen LogP contribution in [0, 0.1) is 0 Å². The summed E-state index contributed by atoms with van der Waals surface area (Å²) >= 11 is 4.46. The van der Waals surface area contributed by atoms with Crippen LogP contribution in [0.4, 0.5) is 0 Å². The molecule has 2 rings (SSSR count). The lowest BCUT2D eigenvalue weighted by atomic mass is 10.3. The van der Waals surface area contributed by atoms with E-state index >= 15 is 0 Å². The minimum atomic E-state index is -0.939. The van der Waals surface area contributed by atoms with Gasteiger partial charge in [-0.15, -0.1) is 0 Å². The second kappa shape index (κ2) is 6.48. The molecule has 0 radical (unpaired) electrons. The van der Waals surface area contributed by atoms with Gasteiger partial charge in [0.25, 0.3) is 0 Å². The number of nitrogens with zero attached hydrogens (tertiary/aromatic N) is 2. The quantitative estimate of drug-likeness (QED) is 0.641. The second-order valence-corrected chi connectivity index (χ2v) is 6.14. The third kappa shape index (κ3) is 3.38. The molecule has 8 heteroatoms. The number of methoxy groups -OCH3 is 1. The molecular formula is C13H13BrN2O4S. The van der Waals surface area contributed by atoms with Gasteiger partial charge in [-0.1, -0.05) is 27.7 Å². The van der Waals surface area contributed by atoms with Crippen molar-refractivity contribution in [3.8, 4) is 0 Å². The summed E-state index contributed by atoms with van der Waals surface area (Å²) < 4.78 is 7.31. The van der Waals surface area contributed by atoms with E-state index in [1.54, 1.807) is 11.5 Å². The van der Waals surface area contributed by atoms with Crippen LogP contribution in [0.2, 0.25) is 0 Å². The van der Waals surface area contributed by atoms with Gasteiger partial charge in [0.1, 0.15) is 6.04 Å². The van der Waals surface area contributed by atoms with E-state index in [0.29, 0.717) is 10.7 Å². The third-order valence-corrected chi connectivity index (χ3v) is 4.30. The molecule has 0 aliphatic heterocycles. The highest BCUT2D eigenvalue weighted by molar-refractivity contribution is 9.10. The number of esters is 1. The van der Waals surface area contributed by atoms with Crippen LogP contribution in [0.5, 0.6) is 0 Å². The summed E-state index contributed by atoms with van der Waals surface area (Å²) in [5, 5.41) is 9.30. The first-order valence-corrected chi connectivity index (χ1v) is 7.81. The van der Waals surface area contributed by atoms with Crippen LogP contribution in [-0.2, 0) is 14.3 Å². The number of halogens is 1. The van der Waals surface area contributed by atoms with Gasteiger partial charge in [-0.25, -0.2) is 9.78 Å². The first-order valence-electron chi connectivity index (χ1n) is 6.04. The van der Waals surface area contributed by atoms with Crippen molar-refractivity contribution in [1.82, 2.24) is 9.55 Å². The van der Waals surface area contributed by atoms with E-state index in [1.807, 2.05) is 18.2 Å². The number of aliphatic carboxylic acids is 1. The van der Waals surface area contributed by atoms with Gasteiger partial charge >= 0.3 is 11.9 Å². The molecule has 0 fully saturated rings. The fourth-order valence-corrected chi connectivity index (χ4v) is 3.08. The molecule has 0 spiro atoms. The standard InChI is InChI=1S/C13H13BrN2O4S/c1-7(12(19)20-2)16-10-5-8(14)3-4-9(10)15-13(16)21-6-11(17)18/h3-5,7H,6H2,1-2H3,(H,17,18). The number of imidazole rings is 1. The van der Waals surface area contributed by atoms with Crippen molar-refractivity contribution >= 4 is 50.7 Å². The molecule has 1 heterocycles. The normalized spacial score (nSPS) is 12.3. The van der Waals surface area contributed by atoms with Gasteiger partial charge < -0.3 is 14.4 Å². The Kier molecular flexibility index (Phi) is 4.89. The van der Waals surface area contributed by atoms with Gasteiger partial charge in [0.05, 0.1) is 23.9 Å². The molecule has 112 valence electrons. The molecule has 0 bridgehead atoms. The van der Waals surface area contributed by atoms with Crippen molar-refractivity contribution < 1.29 is 19.4 Å². The molecule has 21 heavy (non-hydrogen) atoms. The molecule has 0 aliphatic rings. The van der Waals surface area contributed by atoms with Gasteiger partial charge in [-0.05, 0) is 25.1 Å². The average molecular weight is 373 g/mol. The van der Waals surface area contributed by atoms with E-state index in [1.165, 1.54) is 7.11 Å². The number of ether oxygens (including phenoxy) is 1. The van der Waals surface area contributed by atoms with Crippen LogP contribution >= 0.6 is 27.7 Å². The Labute approximate surface area is 133 Å². The Hall–Kier alpha value is -1.54. The van der Waals surface area contributed by atoms with Crippen molar-refractivity contribution in [2.45, 2.75) is 18.1 Å². The molecule has 6 nitrogen and oxygen atoms in total. The molecule has 0 amide bonds. The Morgan fingerprint density at radius 1 is 1.52 bits per heavy atom. The molecule has 2 aromatic rings. The van der Waals surface area contributed by atoms with Crippen molar-refractivity contribution in [3.05, 3.63) is 22.7 Å². The molecule has 0 saturated carbocycles. The number of carbonyl (C=O) groups excluding carboxylic acids is 1. The van der Waals surface area contributed by atoms with Crippen LogP contribution in [0.15, 0.2) is 27.8 Å². The molecule has 1 atom stereocenters. The SMILES string of the molecule is COC(=O)C(C)n1c(SCC(=O)O)nc2ccc(Br)cc21. The number of hydrogen-bond donors (Lipinski definition) is 1. The van der Waals surface area contributed by atoms with Gasteiger partial charge in [0.2, 0.25) is 0 Å². The summed E-state index contributed by atoms with van der Waals surface area (Å²) in [6.07, 6.45) is 0. The van der Waals surface area contributed by atoms with Crippen molar-refractivity contribution in [3.63, 3.8) is 0 Å². The Bertz CT molecular complexity index is 701. The molecular weight excluding hydrogens is 360 g/mol. The lowest BCUT2D eigenvalue weighted by Gasteiger charge is -2.14. The van der Waals surface area contributed by atoms with E-state index in [2.05, 4.69) is 20.9 Å². The summed E-state index contributed by atoms with van der Waals surface area (Å²) in [6.45, 7) is 1.69. The molecule has 0 saturated heterocycles. The number of carbonyl (C=O) groups is 2. The van der Waals surface area contributed by atoms with Crippen LogP contribution in [0.25, 0.3) is 11.0 Å². The maximum absolute atomic E-state index is 11.8. The fourth-order valence-electron chi connectivity index (χ4n) is 1.92. The van der Waals surface area contributed by atoms with E-state index in [0.717, 1.165) is 21.8 Å². The summed E-state index contributed by atoms with van der Waals surface area (Å²) in [6, 6.07) is 4.90. The molecule has 1 aromatic heterocycles. The topological polar surface area (TPSA) is 81.4 Å². The van der Waals surface area contributed by atoms with Crippen molar-refractivity contribution in [2.24, 2.45) is 0 Å². The van der Waals surface area contributed by atoms with Gasteiger partial charge in [0, 0.05) is 4.47 Å². The number of rotatable bonds is 5. The minimum absolute atomic E-state index is 0.127.